The molecule has 3 unspecified atom stereocenters. The smallest absolute Gasteiger partial charge is 0.128 e. The Balaban J connectivity index is 1.98. The van der Waals surface area contributed by atoms with Crippen molar-refractivity contribution in [3.63, 3.8) is 0 Å². The van der Waals surface area contributed by atoms with Crippen molar-refractivity contribution < 1.29 is 9.47 Å². The van der Waals surface area contributed by atoms with E-state index in [2.05, 4.69) is 31.3 Å². The van der Waals surface area contributed by atoms with Crippen LogP contribution in [0.15, 0.2) is 18.2 Å². The first-order chi connectivity index (χ1) is 10.2. The van der Waals surface area contributed by atoms with Gasteiger partial charge in [0, 0.05) is 24.1 Å². The maximum Gasteiger partial charge on any atom is 0.128 e. The van der Waals surface area contributed by atoms with E-state index >= 15 is 0 Å². The number of hydrogen-bond acceptors (Lipinski definition) is 3. The zero-order valence-corrected chi connectivity index (χ0v) is 13.4. The molecule has 1 aromatic carbocycles. The zero-order chi connectivity index (χ0) is 14.9. The highest BCUT2D eigenvalue weighted by atomic mass is 16.5. The fourth-order valence-corrected chi connectivity index (χ4v) is 4.26. The molecule has 3 rings (SSSR count). The Morgan fingerprint density at radius 3 is 2.95 bits per heavy atom. The van der Waals surface area contributed by atoms with E-state index in [1.807, 2.05) is 6.07 Å². The molecule has 0 radical (unpaired) electrons. The molecule has 0 saturated heterocycles. The van der Waals surface area contributed by atoms with Crippen LogP contribution in [0.1, 0.15) is 57.6 Å². The lowest BCUT2D eigenvalue weighted by molar-refractivity contribution is -0.00553. The van der Waals surface area contributed by atoms with Crippen molar-refractivity contribution in [2.24, 2.45) is 5.92 Å². The van der Waals surface area contributed by atoms with Gasteiger partial charge in [0.2, 0.25) is 0 Å². The van der Waals surface area contributed by atoms with Crippen LogP contribution in [-0.2, 0) is 0 Å². The van der Waals surface area contributed by atoms with E-state index in [1.54, 1.807) is 7.11 Å². The van der Waals surface area contributed by atoms with Gasteiger partial charge in [-0.05, 0) is 44.2 Å². The molecule has 0 amide bonds. The maximum absolute atomic E-state index is 6.58. The lowest BCUT2D eigenvalue weighted by Crippen LogP contribution is -2.46. The average Bonchev–Trinajstić information content (AvgIpc) is 2.88. The zero-order valence-electron chi connectivity index (χ0n) is 13.4. The van der Waals surface area contributed by atoms with Crippen LogP contribution in [0.5, 0.6) is 11.5 Å². The van der Waals surface area contributed by atoms with Gasteiger partial charge in [0.15, 0.2) is 0 Å². The molecule has 3 nitrogen and oxygen atoms in total. The summed E-state index contributed by atoms with van der Waals surface area (Å²) in [6, 6.07) is 6.66. The second-order valence-corrected chi connectivity index (χ2v) is 6.38. The number of methoxy groups -OCH3 is 1. The molecule has 3 heteroatoms. The standard InChI is InChI=1S/C18H27NO2/c1-4-13-7-6-10-18(13)12-16(19-5-2)15-9-8-14(20-3)11-17(15)21-18/h8-9,11,13,16,19H,4-7,10,12H2,1-3H3. The van der Waals surface area contributed by atoms with Crippen molar-refractivity contribution in [3.05, 3.63) is 23.8 Å². The minimum atomic E-state index is 0.0287. The van der Waals surface area contributed by atoms with Gasteiger partial charge in [-0.3, -0.25) is 0 Å². The van der Waals surface area contributed by atoms with Crippen LogP contribution in [0.2, 0.25) is 0 Å². The Morgan fingerprint density at radius 2 is 2.24 bits per heavy atom. The SMILES string of the molecule is CCNC1CC2(CCCC2CC)Oc2cc(OC)ccc21. The largest absolute Gasteiger partial charge is 0.497 e. The van der Waals surface area contributed by atoms with Crippen molar-refractivity contribution in [2.75, 3.05) is 13.7 Å². The molecule has 1 saturated carbocycles. The maximum atomic E-state index is 6.58. The van der Waals surface area contributed by atoms with E-state index < -0.39 is 0 Å². The Labute approximate surface area is 128 Å². The number of ether oxygens (including phenoxy) is 2. The summed E-state index contributed by atoms with van der Waals surface area (Å²) in [5.74, 6) is 2.58. The number of benzene rings is 1. The Hall–Kier alpha value is -1.22. The van der Waals surface area contributed by atoms with Crippen LogP contribution < -0.4 is 14.8 Å². The molecular formula is C18H27NO2. The van der Waals surface area contributed by atoms with Gasteiger partial charge in [0.1, 0.15) is 17.1 Å². The van der Waals surface area contributed by atoms with Crippen molar-refractivity contribution >= 4 is 0 Å². The van der Waals surface area contributed by atoms with Gasteiger partial charge < -0.3 is 14.8 Å². The molecule has 21 heavy (non-hydrogen) atoms. The van der Waals surface area contributed by atoms with Crippen LogP contribution in [-0.4, -0.2) is 19.3 Å². The molecule has 1 aromatic rings. The average molecular weight is 289 g/mol. The van der Waals surface area contributed by atoms with Gasteiger partial charge in [-0.2, -0.15) is 0 Å². The summed E-state index contributed by atoms with van der Waals surface area (Å²) in [6.07, 6.45) is 6.08. The molecule has 3 atom stereocenters. The number of nitrogens with one attached hydrogen (secondary N) is 1. The van der Waals surface area contributed by atoms with Crippen LogP contribution in [0.3, 0.4) is 0 Å². The molecule has 2 aliphatic rings. The molecule has 116 valence electrons. The monoisotopic (exact) mass is 289 g/mol. The summed E-state index contributed by atoms with van der Waals surface area (Å²) in [5.41, 5.74) is 1.31. The number of hydrogen-bond donors (Lipinski definition) is 1. The Morgan fingerprint density at radius 1 is 1.38 bits per heavy atom. The Bertz CT molecular complexity index is 502. The molecule has 1 aliphatic carbocycles. The molecular weight excluding hydrogens is 262 g/mol. The minimum absolute atomic E-state index is 0.0287. The lowest BCUT2D eigenvalue weighted by atomic mass is 9.79. The fraction of sp³-hybridized carbons (Fsp3) is 0.667. The van der Waals surface area contributed by atoms with Gasteiger partial charge in [0.05, 0.1) is 7.11 Å². The highest BCUT2D eigenvalue weighted by molar-refractivity contribution is 5.45. The van der Waals surface area contributed by atoms with Gasteiger partial charge in [-0.15, -0.1) is 0 Å². The summed E-state index contributed by atoms with van der Waals surface area (Å²) >= 11 is 0. The van der Waals surface area contributed by atoms with E-state index in [-0.39, 0.29) is 5.60 Å². The molecule has 1 N–H and O–H groups in total. The molecule has 0 aromatic heterocycles. The number of rotatable bonds is 4. The van der Waals surface area contributed by atoms with Crippen molar-refractivity contribution in [1.29, 1.82) is 0 Å². The predicted molar refractivity (Wildman–Crippen MR) is 85.0 cm³/mol. The van der Waals surface area contributed by atoms with E-state index in [4.69, 9.17) is 9.47 Å². The van der Waals surface area contributed by atoms with E-state index in [0.29, 0.717) is 12.0 Å². The third-order valence-electron chi connectivity index (χ3n) is 5.30. The molecule has 0 bridgehead atoms. The summed E-state index contributed by atoms with van der Waals surface area (Å²) in [7, 11) is 1.71. The normalized spacial score (nSPS) is 31.0. The van der Waals surface area contributed by atoms with Gasteiger partial charge in [-0.1, -0.05) is 19.9 Å². The summed E-state index contributed by atoms with van der Waals surface area (Å²) < 4.78 is 12.0. The second-order valence-electron chi connectivity index (χ2n) is 6.38. The fourth-order valence-electron chi connectivity index (χ4n) is 4.26. The topological polar surface area (TPSA) is 30.5 Å². The first kappa shape index (κ1) is 14.7. The predicted octanol–water partition coefficient (Wildman–Crippen LogP) is 4.08. The quantitative estimate of drug-likeness (QED) is 0.906. The van der Waals surface area contributed by atoms with Gasteiger partial charge >= 0.3 is 0 Å². The van der Waals surface area contributed by atoms with Crippen LogP contribution in [0, 0.1) is 5.92 Å². The second kappa shape index (κ2) is 5.88. The van der Waals surface area contributed by atoms with E-state index in [0.717, 1.165) is 24.5 Å². The molecule has 1 heterocycles. The number of fused-ring (bicyclic) bond motifs is 1. The molecule has 1 fully saturated rings. The minimum Gasteiger partial charge on any atom is -0.497 e. The van der Waals surface area contributed by atoms with E-state index in [1.165, 1.54) is 31.2 Å². The highest BCUT2D eigenvalue weighted by Crippen LogP contribution is 2.51. The van der Waals surface area contributed by atoms with Crippen LogP contribution in [0.25, 0.3) is 0 Å². The van der Waals surface area contributed by atoms with Crippen molar-refractivity contribution in [2.45, 2.75) is 57.6 Å². The highest BCUT2D eigenvalue weighted by Gasteiger charge is 2.48. The van der Waals surface area contributed by atoms with Crippen molar-refractivity contribution in [3.8, 4) is 11.5 Å². The molecule has 1 aliphatic heterocycles. The van der Waals surface area contributed by atoms with Crippen LogP contribution >= 0.6 is 0 Å². The summed E-state index contributed by atoms with van der Waals surface area (Å²) in [5, 5.41) is 3.65. The van der Waals surface area contributed by atoms with Gasteiger partial charge in [-0.25, -0.2) is 0 Å². The first-order valence-electron chi connectivity index (χ1n) is 8.32. The Kier molecular flexibility index (Phi) is 4.12. The van der Waals surface area contributed by atoms with Gasteiger partial charge in [0.25, 0.3) is 0 Å². The van der Waals surface area contributed by atoms with E-state index in [9.17, 15) is 0 Å². The van der Waals surface area contributed by atoms with Crippen molar-refractivity contribution in [1.82, 2.24) is 5.32 Å². The summed E-state index contributed by atoms with van der Waals surface area (Å²) in [6.45, 7) is 5.46. The summed E-state index contributed by atoms with van der Waals surface area (Å²) in [4.78, 5) is 0. The van der Waals surface area contributed by atoms with Crippen LogP contribution in [0.4, 0.5) is 0 Å². The third kappa shape index (κ3) is 2.52. The third-order valence-corrected chi connectivity index (χ3v) is 5.30. The lowest BCUT2D eigenvalue weighted by Gasteiger charge is -2.44. The molecule has 1 spiro atoms. The first-order valence-corrected chi connectivity index (χ1v) is 8.32.